The number of nitrogens with zero attached hydrogens (tertiary/aromatic N) is 1. The molecule has 2 unspecified atom stereocenters. The van der Waals surface area contributed by atoms with Crippen LogP contribution in [0.1, 0.15) is 76.2 Å². The second-order valence-corrected chi connectivity index (χ2v) is 10.2. The summed E-state index contributed by atoms with van der Waals surface area (Å²) < 4.78 is 0. The summed E-state index contributed by atoms with van der Waals surface area (Å²) in [5.41, 5.74) is -1.09. The van der Waals surface area contributed by atoms with Gasteiger partial charge < -0.3 is 4.90 Å². The summed E-state index contributed by atoms with van der Waals surface area (Å²) in [5.74, 6) is 0. The van der Waals surface area contributed by atoms with Crippen molar-refractivity contribution in [1.82, 2.24) is 4.90 Å². The van der Waals surface area contributed by atoms with Gasteiger partial charge in [-0.25, -0.2) is 0 Å². The lowest BCUT2D eigenvalue weighted by molar-refractivity contribution is -0.0836. The highest BCUT2D eigenvalue weighted by Gasteiger charge is 2.57. The Labute approximate surface area is 152 Å². The summed E-state index contributed by atoms with van der Waals surface area (Å²) in [5, 5.41) is 0. The molecule has 120 valence electrons. The van der Waals surface area contributed by atoms with Gasteiger partial charge in [0.05, 0.1) is 13.7 Å². The number of hydrogen-bond donors (Lipinski definition) is 0. The van der Waals surface area contributed by atoms with Gasteiger partial charge in [-0.05, 0) is 42.5 Å². The summed E-state index contributed by atoms with van der Waals surface area (Å²) >= 11 is 0. The summed E-state index contributed by atoms with van der Waals surface area (Å²) in [6, 6.07) is 0. The number of rotatable bonds is 5. The van der Waals surface area contributed by atoms with Gasteiger partial charge in [0.25, 0.3) is 0 Å². The fourth-order valence-corrected chi connectivity index (χ4v) is 3.71. The summed E-state index contributed by atoms with van der Waals surface area (Å²) in [6.45, 7) is 24.1. The van der Waals surface area contributed by atoms with Gasteiger partial charge in [-0.1, -0.05) is 55.4 Å². The molecule has 2 atom stereocenters. The molecule has 0 bridgehead atoms. The highest BCUT2D eigenvalue weighted by Crippen LogP contribution is 2.49. The van der Waals surface area contributed by atoms with Crippen LogP contribution >= 0.6 is 0 Å². The van der Waals surface area contributed by atoms with Crippen molar-refractivity contribution >= 4 is 43.9 Å². The summed E-state index contributed by atoms with van der Waals surface area (Å²) in [4.78, 5) is 2.47. The Hall–Kier alpha value is 0.350. The molecule has 0 rings (SSSR count). The molecule has 0 aromatic heterocycles. The normalized spacial score (nSPS) is 19.0. The molecule has 0 heterocycles. The third-order valence-corrected chi connectivity index (χ3v) is 5.82. The van der Waals surface area contributed by atoms with Crippen LogP contribution < -0.4 is 0 Å². The Balaban J connectivity index is 6.71. The van der Waals surface area contributed by atoms with Gasteiger partial charge in [-0.3, -0.25) is 0 Å². The average molecular weight is 304 g/mol. The van der Waals surface area contributed by atoms with Crippen LogP contribution in [0.4, 0.5) is 0 Å². The van der Waals surface area contributed by atoms with Gasteiger partial charge in [0.2, 0.25) is 0 Å². The van der Waals surface area contributed by atoms with Crippen LogP contribution in [-0.2, 0) is 0 Å². The van der Waals surface area contributed by atoms with Crippen LogP contribution in [0.15, 0.2) is 0 Å². The Morgan fingerprint density at radius 3 is 1.30 bits per heavy atom. The van der Waals surface area contributed by atoms with Crippen molar-refractivity contribution in [1.29, 1.82) is 0 Å². The molecule has 1 nitrogen and oxygen atoms in total. The van der Waals surface area contributed by atoms with Crippen LogP contribution in [0.5, 0.6) is 0 Å². The highest BCUT2D eigenvalue weighted by atomic mass is 15.3. The molecule has 0 N–H and O–H groups in total. The lowest BCUT2D eigenvalue weighted by atomic mass is 8.98. The molecule has 8 radical (unpaired) electrons. The second-order valence-electron chi connectivity index (χ2n) is 10.2. The fourth-order valence-electron chi connectivity index (χ4n) is 3.71. The maximum Gasteiger partial charge on any atom is 0.0826 e. The quantitative estimate of drug-likeness (QED) is 0.705. The van der Waals surface area contributed by atoms with Gasteiger partial charge in [-0.15, -0.1) is 0 Å². The molecule has 0 aliphatic heterocycles. The predicted octanol–water partition coefficient (Wildman–Crippen LogP) is 2.43. The molecular formula is C16H33B6N. The summed E-state index contributed by atoms with van der Waals surface area (Å²) in [7, 11) is 22.1. The molecule has 0 spiro atoms. The van der Waals surface area contributed by atoms with E-state index in [-0.39, 0.29) is 28.3 Å². The Morgan fingerprint density at radius 2 is 1.13 bits per heavy atom. The van der Waals surface area contributed by atoms with E-state index in [4.69, 9.17) is 23.2 Å². The molecule has 0 aliphatic rings. The first-order valence-electron chi connectivity index (χ1n) is 8.58. The van der Waals surface area contributed by atoms with Crippen LogP contribution in [0.3, 0.4) is 0 Å². The van der Waals surface area contributed by atoms with E-state index in [1.165, 1.54) is 0 Å². The first-order chi connectivity index (χ1) is 9.91. The minimum atomic E-state index is -0.391. The van der Waals surface area contributed by atoms with E-state index in [1.807, 2.05) is 7.17 Å². The third kappa shape index (κ3) is 4.13. The van der Waals surface area contributed by atoms with Crippen LogP contribution in [0, 0.1) is 10.8 Å². The predicted molar refractivity (Wildman–Crippen MR) is 112 cm³/mol. The van der Waals surface area contributed by atoms with Gasteiger partial charge in [0.15, 0.2) is 0 Å². The topological polar surface area (TPSA) is 3.24 Å². The van der Waals surface area contributed by atoms with E-state index < -0.39 is 5.44 Å². The lowest BCUT2D eigenvalue weighted by Gasteiger charge is -2.68. The largest absolute Gasteiger partial charge is 0.304 e. The Morgan fingerprint density at radius 1 is 0.739 bits per heavy atom. The second kappa shape index (κ2) is 6.93. The van der Waals surface area contributed by atoms with E-state index in [2.05, 4.69) is 81.1 Å². The zero-order chi connectivity index (χ0) is 19.1. The van der Waals surface area contributed by atoms with Crippen molar-refractivity contribution in [3.8, 4) is 0 Å². The van der Waals surface area contributed by atoms with Crippen molar-refractivity contribution in [3.63, 3.8) is 0 Å². The fraction of sp³-hybridized carbons (Fsp3) is 1.00. The van der Waals surface area contributed by atoms with Crippen molar-refractivity contribution < 1.29 is 0 Å². The molecule has 7 heteroatoms. The molecule has 0 amide bonds. The molecule has 0 aromatic carbocycles. The van der Waals surface area contributed by atoms with Crippen molar-refractivity contribution in [2.75, 3.05) is 0 Å². The molecular weight excluding hydrogens is 271 g/mol. The van der Waals surface area contributed by atoms with E-state index in [1.54, 1.807) is 7.06 Å². The van der Waals surface area contributed by atoms with Crippen LogP contribution in [-0.4, -0.2) is 65.3 Å². The minimum Gasteiger partial charge on any atom is -0.304 e. The molecule has 0 saturated heterocycles. The standard InChI is InChI=1S/C16H33B6N/c1-12(2,3)15(10,20-17)23(14(7,8)9)16(11,13(4,5)6)22(19)21-18/h1-11H3. The van der Waals surface area contributed by atoms with Gasteiger partial charge in [0.1, 0.15) is 0 Å². The Bertz CT molecular complexity index is 395. The van der Waals surface area contributed by atoms with Crippen molar-refractivity contribution in [2.24, 2.45) is 10.8 Å². The Kier molecular flexibility index (Phi) is 7.03. The first-order valence-corrected chi connectivity index (χ1v) is 8.58. The van der Waals surface area contributed by atoms with E-state index in [9.17, 15) is 0 Å². The van der Waals surface area contributed by atoms with E-state index in [0.29, 0.717) is 0 Å². The zero-order valence-corrected chi connectivity index (χ0v) is 17.4. The van der Waals surface area contributed by atoms with Gasteiger partial charge >= 0.3 is 0 Å². The highest BCUT2D eigenvalue weighted by molar-refractivity contribution is 7.47. The van der Waals surface area contributed by atoms with Crippen LogP contribution in [0.25, 0.3) is 0 Å². The maximum atomic E-state index is 6.55. The zero-order valence-electron chi connectivity index (χ0n) is 17.4. The lowest BCUT2D eigenvalue weighted by Crippen LogP contribution is -2.79. The molecule has 0 aromatic rings. The SMILES string of the molecule is [B][B]B([B])C(C)(N(C(C)(C)C)C(C)([B][B])C(C)(C)C)C(C)(C)C. The third-order valence-electron chi connectivity index (χ3n) is 5.82. The van der Waals surface area contributed by atoms with Gasteiger partial charge in [-0.2, -0.15) is 0 Å². The maximum absolute atomic E-state index is 6.55. The average Bonchev–Trinajstić information content (AvgIpc) is 2.32. The summed E-state index contributed by atoms with van der Waals surface area (Å²) in [6.07, 6.45) is 0. The van der Waals surface area contributed by atoms with E-state index in [0.717, 1.165) is 0 Å². The minimum absolute atomic E-state index is 0.0736. The monoisotopic (exact) mass is 305 g/mol. The first kappa shape index (κ1) is 23.3. The van der Waals surface area contributed by atoms with Crippen molar-refractivity contribution in [2.45, 2.75) is 92.6 Å². The number of hydrogen-bond acceptors (Lipinski definition) is 1. The smallest absolute Gasteiger partial charge is 0.0826 e. The van der Waals surface area contributed by atoms with E-state index >= 15 is 0 Å². The molecule has 0 aliphatic carbocycles. The molecule has 0 fully saturated rings. The van der Waals surface area contributed by atoms with Crippen molar-refractivity contribution in [3.05, 3.63) is 0 Å². The van der Waals surface area contributed by atoms with Crippen LogP contribution in [0.2, 0.25) is 0 Å². The molecule has 23 heavy (non-hydrogen) atoms. The van der Waals surface area contributed by atoms with Gasteiger partial charge in [0, 0.05) is 35.8 Å². The molecule has 0 saturated carbocycles.